The van der Waals surface area contributed by atoms with Crippen LogP contribution in [0.3, 0.4) is 0 Å². The average molecular weight is 290 g/mol. The van der Waals surface area contributed by atoms with Crippen molar-refractivity contribution in [2.24, 2.45) is 0 Å². The monoisotopic (exact) mass is 290 g/mol. The smallest absolute Gasteiger partial charge is 0.449 e. The molecule has 0 aliphatic rings. The van der Waals surface area contributed by atoms with Crippen molar-refractivity contribution in [1.29, 1.82) is 0 Å². The third-order valence-electron chi connectivity index (χ3n) is 3.38. The summed E-state index contributed by atoms with van der Waals surface area (Å²) < 4.78 is 4.60. The van der Waals surface area contributed by atoms with E-state index in [4.69, 9.17) is 5.11 Å². The highest BCUT2D eigenvalue weighted by Gasteiger charge is 2.03. The molecule has 0 saturated carbocycles. The van der Waals surface area contributed by atoms with E-state index in [1.54, 1.807) is 12.1 Å². The van der Waals surface area contributed by atoms with Crippen LogP contribution in [0.2, 0.25) is 0 Å². The second-order valence-corrected chi connectivity index (χ2v) is 4.84. The number of ether oxygens (including phenoxy) is 1. The summed E-state index contributed by atoms with van der Waals surface area (Å²) >= 11 is 0. The standard InChI is InChI=1S/C19H14O3/c20-19(21)22-18-12-10-17(11-13-18)16-8-6-15(7-9-16)14-4-2-1-3-5-14/h1-13H,(H,20,21). The lowest BCUT2D eigenvalue weighted by Gasteiger charge is -2.06. The minimum atomic E-state index is -1.31. The van der Waals surface area contributed by atoms with E-state index in [1.807, 2.05) is 30.3 Å². The van der Waals surface area contributed by atoms with Gasteiger partial charge in [0.2, 0.25) is 0 Å². The molecule has 0 saturated heterocycles. The van der Waals surface area contributed by atoms with Gasteiger partial charge in [0.25, 0.3) is 0 Å². The summed E-state index contributed by atoms with van der Waals surface area (Å²) in [5.74, 6) is 0.317. The molecule has 108 valence electrons. The zero-order chi connectivity index (χ0) is 15.4. The molecule has 0 amide bonds. The highest BCUT2D eigenvalue weighted by molar-refractivity contribution is 5.71. The highest BCUT2D eigenvalue weighted by atomic mass is 16.7. The molecule has 0 radical (unpaired) electrons. The van der Waals surface area contributed by atoms with Gasteiger partial charge in [-0.3, -0.25) is 0 Å². The Labute approximate surface area is 128 Å². The molecule has 3 aromatic rings. The van der Waals surface area contributed by atoms with Gasteiger partial charge in [0.1, 0.15) is 5.75 Å². The first kappa shape index (κ1) is 13.9. The average Bonchev–Trinajstić information content (AvgIpc) is 2.56. The molecule has 0 unspecified atom stereocenters. The van der Waals surface area contributed by atoms with Gasteiger partial charge < -0.3 is 9.84 Å². The zero-order valence-corrected chi connectivity index (χ0v) is 11.8. The Kier molecular flexibility index (Phi) is 3.88. The van der Waals surface area contributed by atoms with Crippen molar-refractivity contribution in [2.75, 3.05) is 0 Å². The van der Waals surface area contributed by atoms with Crippen LogP contribution in [0.4, 0.5) is 4.79 Å². The summed E-state index contributed by atoms with van der Waals surface area (Å²) in [6.07, 6.45) is -1.31. The first-order valence-electron chi connectivity index (χ1n) is 6.89. The maximum Gasteiger partial charge on any atom is 0.511 e. The van der Waals surface area contributed by atoms with Gasteiger partial charge >= 0.3 is 6.16 Å². The molecule has 0 heterocycles. The van der Waals surface area contributed by atoms with Crippen LogP contribution < -0.4 is 4.74 Å². The lowest BCUT2D eigenvalue weighted by molar-refractivity contribution is 0.144. The first-order valence-corrected chi connectivity index (χ1v) is 6.89. The molecule has 3 nitrogen and oxygen atoms in total. The van der Waals surface area contributed by atoms with Gasteiger partial charge in [0, 0.05) is 0 Å². The van der Waals surface area contributed by atoms with Crippen molar-refractivity contribution in [2.45, 2.75) is 0 Å². The fourth-order valence-corrected chi connectivity index (χ4v) is 2.30. The normalized spacial score (nSPS) is 10.2. The molecule has 0 atom stereocenters. The first-order chi connectivity index (χ1) is 10.7. The van der Waals surface area contributed by atoms with Gasteiger partial charge in [-0.25, -0.2) is 4.79 Å². The van der Waals surface area contributed by atoms with E-state index in [9.17, 15) is 4.79 Å². The summed E-state index contributed by atoms with van der Waals surface area (Å²) in [6.45, 7) is 0. The van der Waals surface area contributed by atoms with E-state index in [2.05, 4.69) is 41.1 Å². The van der Waals surface area contributed by atoms with Gasteiger partial charge in [-0.05, 0) is 34.4 Å². The largest absolute Gasteiger partial charge is 0.511 e. The molecule has 0 aliphatic carbocycles. The van der Waals surface area contributed by atoms with Crippen molar-refractivity contribution < 1.29 is 14.6 Å². The van der Waals surface area contributed by atoms with E-state index < -0.39 is 6.16 Å². The molecule has 0 aliphatic heterocycles. The molecule has 3 heteroatoms. The molecule has 0 bridgehead atoms. The van der Waals surface area contributed by atoms with Crippen molar-refractivity contribution in [3.05, 3.63) is 78.9 Å². The van der Waals surface area contributed by atoms with E-state index in [1.165, 1.54) is 5.56 Å². The maximum absolute atomic E-state index is 10.5. The number of hydrogen-bond acceptors (Lipinski definition) is 2. The van der Waals surface area contributed by atoms with Crippen LogP contribution in [0.25, 0.3) is 22.3 Å². The quantitative estimate of drug-likeness (QED) is 0.540. The number of carboxylic acid groups (broad SMARTS) is 1. The second-order valence-electron chi connectivity index (χ2n) is 4.84. The Morgan fingerprint density at radius 1 is 0.636 bits per heavy atom. The predicted molar refractivity (Wildman–Crippen MR) is 86.0 cm³/mol. The summed E-state index contributed by atoms with van der Waals surface area (Å²) in [5, 5.41) is 8.57. The number of hydrogen-bond donors (Lipinski definition) is 1. The number of rotatable bonds is 3. The maximum atomic E-state index is 10.5. The Morgan fingerprint density at radius 2 is 1.05 bits per heavy atom. The van der Waals surface area contributed by atoms with Gasteiger partial charge in [-0.1, -0.05) is 66.7 Å². The zero-order valence-electron chi connectivity index (χ0n) is 11.8. The molecule has 0 aromatic heterocycles. The number of carbonyl (C=O) groups is 1. The Morgan fingerprint density at radius 3 is 1.50 bits per heavy atom. The number of benzene rings is 3. The van der Waals surface area contributed by atoms with Crippen LogP contribution in [-0.4, -0.2) is 11.3 Å². The van der Waals surface area contributed by atoms with Crippen LogP contribution >= 0.6 is 0 Å². The fourth-order valence-electron chi connectivity index (χ4n) is 2.30. The Hall–Kier alpha value is -3.07. The molecular weight excluding hydrogens is 276 g/mol. The van der Waals surface area contributed by atoms with Crippen LogP contribution in [0.15, 0.2) is 78.9 Å². The van der Waals surface area contributed by atoms with Gasteiger partial charge in [0.15, 0.2) is 0 Å². The lowest BCUT2D eigenvalue weighted by Crippen LogP contribution is -2.02. The van der Waals surface area contributed by atoms with Crippen molar-refractivity contribution in [3.8, 4) is 28.0 Å². The van der Waals surface area contributed by atoms with Gasteiger partial charge in [-0.15, -0.1) is 0 Å². The van der Waals surface area contributed by atoms with Crippen molar-refractivity contribution in [3.63, 3.8) is 0 Å². The lowest BCUT2D eigenvalue weighted by atomic mass is 10.0. The predicted octanol–water partition coefficient (Wildman–Crippen LogP) is 5.08. The summed E-state index contributed by atoms with van der Waals surface area (Å²) in [4.78, 5) is 10.5. The summed E-state index contributed by atoms with van der Waals surface area (Å²) in [7, 11) is 0. The third-order valence-corrected chi connectivity index (χ3v) is 3.38. The molecule has 0 fully saturated rings. The van der Waals surface area contributed by atoms with E-state index in [-0.39, 0.29) is 0 Å². The Bertz CT molecular complexity index is 760. The third kappa shape index (κ3) is 3.15. The van der Waals surface area contributed by atoms with E-state index in [0.29, 0.717) is 5.75 Å². The molecular formula is C19H14O3. The van der Waals surface area contributed by atoms with Crippen LogP contribution in [0.1, 0.15) is 0 Å². The van der Waals surface area contributed by atoms with E-state index >= 15 is 0 Å². The van der Waals surface area contributed by atoms with Crippen LogP contribution in [0.5, 0.6) is 5.75 Å². The molecule has 3 aromatic carbocycles. The minimum absolute atomic E-state index is 0.317. The van der Waals surface area contributed by atoms with Gasteiger partial charge in [0.05, 0.1) is 0 Å². The van der Waals surface area contributed by atoms with Crippen LogP contribution in [0, 0.1) is 0 Å². The Balaban J connectivity index is 1.82. The molecule has 0 spiro atoms. The topological polar surface area (TPSA) is 46.5 Å². The van der Waals surface area contributed by atoms with E-state index in [0.717, 1.165) is 16.7 Å². The van der Waals surface area contributed by atoms with Gasteiger partial charge in [-0.2, -0.15) is 0 Å². The highest BCUT2D eigenvalue weighted by Crippen LogP contribution is 2.26. The van der Waals surface area contributed by atoms with Crippen molar-refractivity contribution in [1.82, 2.24) is 0 Å². The summed E-state index contributed by atoms with van der Waals surface area (Å²) in [6, 6.07) is 25.4. The summed E-state index contributed by atoms with van der Waals surface area (Å²) in [5.41, 5.74) is 4.42. The molecule has 3 rings (SSSR count). The second kappa shape index (κ2) is 6.14. The fraction of sp³-hybridized carbons (Fsp3) is 0. The van der Waals surface area contributed by atoms with Crippen molar-refractivity contribution >= 4 is 6.16 Å². The van der Waals surface area contributed by atoms with Crippen LogP contribution in [-0.2, 0) is 0 Å². The minimum Gasteiger partial charge on any atom is -0.449 e. The molecule has 22 heavy (non-hydrogen) atoms. The SMILES string of the molecule is O=C(O)Oc1ccc(-c2ccc(-c3ccccc3)cc2)cc1. The molecule has 1 N–H and O–H groups in total.